The van der Waals surface area contributed by atoms with Crippen molar-refractivity contribution >= 4 is 40.3 Å². The maximum Gasteiger partial charge on any atom is 0.330 e. The van der Waals surface area contributed by atoms with Gasteiger partial charge in [-0.1, -0.05) is 60.6 Å². The molecule has 12 nitrogen and oxygen atoms in total. The number of anilines is 2. The third kappa shape index (κ3) is 6.87. The number of nitrogens with zero attached hydrogens (tertiary/aromatic N) is 4. The van der Waals surface area contributed by atoms with Gasteiger partial charge in [-0.2, -0.15) is 5.10 Å². The van der Waals surface area contributed by atoms with Crippen molar-refractivity contribution < 1.29 is 24.6 Å². The van der Waals surface area contributed by atoms with E-state index in [1.54, 1.807) is 28.9 Å². The molecule has 1 aliphatic rings. The maximum atomic E-state index is 12.9. The molecule has 230 valence electrons. The average Bonchev–Trinajstić information content (AvgIpc) is 3.67. The fourth-order valence-corrected chi connectivity index (χ4v) is 4.28. The molecule has 2 aromatic carbocycles. The number of urea groups is 1. The Morgan fingerprint density at radius 1 is 0.930 bits per heavy atom. The lowest BCUT2D eigenvalue weighted by Gasteiger charge is -2.23. The highest BCUT2D eigenvalue weighted by molar-refractivity contribution is 6.10. The molecule has 0 radical (unpaired) electrons. The number of rotatable bonds is 5. The Labute approximate surface area is 251 Å². The SMILES string of the molecule is CC.CC.CN1C(=O)C(O)(O)C(=O)N1Cc1ccc(-n2nc(C(C)(C)C)cc2NC(=O)Nc2ccc3[nH]ccc3c2)cc1. The number of likely N-dealkylation sites (N-methyl/N-ethyl adjacent to an activating group) is 1. The molecule has 0 aliphatic carbocycles. The zero-order valence-corrected chi connectivity index (χ0v) is 25.9. The van der Waals surface area contributed by atoms with Gasteiger partial charge in [0.1, 0.15) is 5.82 Å². The zero-order chi connectivity index (χ0) is 32.1. The summed E-state index contributed by atoms with van der Waals surface area (Å²) in [6.45, 7) is 14.0. The second kappa shape index (κ2) is 13.1. The molecule has 3 heterocycles. The third-order valence-electron chi connectivity index (χ3n) is 6.53. The van der Waals surface area contributed by atoms with E-state index >= 15 is 0 Å². The van der Waals surface area contributed by atoms with Crippen molar-refractivity contribution in [2.75, 3.05) is 17.7 Å². The number of aliphatic hydroxyl groups is 2. The van der Waals surface area contributed by atoms with Crippen molar-refractivity contribution in [1.82, 2.24) is 24.8 Å². The van der Waals surface area contributed by atoms with Crippen LogP contribution >= 0.6 is 0 Å². The van der Waals surface area contributed by atoms with Gasteiger partial charge in [0.25, 0.3) is 0 Å². The molecule has 1 aliphatic heterocycles. The van der Waals surface area contributed by atoms with Crippen molar-refractivity contribution in [3.05, 3.63) is 72.1 Å². The summed E-state index contributed by atoms with van der Waals surface area (Å²) in [6, 6.07) is 15.8. The first-order valence-electron chi connectivity index (χ1n) is 14.2. The van der Waals surface area contributed by atoms with E-state index in [0.717, 1.165) is 26.6 Å². The van der Waals surface area contributed by atoms with Crippen molar-refractivity contribution in [2.24, 2.45) is 0 Å². The van der Waals surface area contributed by atoms with Gasteiger partial charge in [-0.3, -0.25) is 14.9 Å². The molecule has 0 spiro atoms. The van der Waals surface area contributed by atoms with Crippen LogP contribution in [0, 0.1) is 0 Å². The van der Waals surface area contributed by atoms with E-state index in [1.807, 2.05) is 85.0 Å². The summed E-state index contributed by atoms with van der Waals surface area (Å²) >= 11 is 0. The van der Waals surface area contributed by atoms with Gasteiger partial charge in [0.2, 0.25) is 0 Å². The number of H-pyrrole nitrogens is 1. The minimum atomic E-state index is -3.07. The summed E-state index contributed by atoms with van der Waals surface area (Å²) < 4.78 is 1.61. The molecule has 0 bridgehead atoms. The summed E-state index contributed by atoms with van der Waals surface area (Å²) in [7, 11) is 1.29. The van der Waals surface area contributed by atoms with E-state index in [2.05, 4.69) is 15.6 Å². The van der Waals surface area contributed by atoms with Gasteiger partial charge in [0.15, 0.2) is 0 Å². The lowest BCUT2D eigenvalue weighted by Crippen LogP contribution is -2.43. The van der Waals surface area contributed by atoms with Crippen LogP contribution < -0.4 is 10.6 Å². The number of hydrogen-bond acceptors (Lipinski definition) is 6. The number of hydrogen-bond donors (Lipinski definition) is 5. The van der Waals surface area contributed by atoms with Crippen molar-refractivity contribution in [1.29, 1.82) is 0 Å². The lowest BCUT2D eigenvalue weighted by molar-refractivity contribution is -0.186. The van der Waals surface area contributed by atoms with Gasteiger partial charge < -0.3 is 20.5 Å². The number of benzene rings is 2. The molecule has 2 aromatic heterocycles. The second-order valence-corrected chi connectivity index (χ2v) is 10.5. The molecular formula is C31H41N7O5. The standard InChI is InChI=1S/C27H29N7O5.2C2H6/c1-26(2,3)21-14-22(30-25(37)29-18-7-10-20-17(13-18)11-12-28-20)34(31-21)19-8-5-16(6-9-19)15-33-24(36)27(38,39)23(35)32(33)4;2*1-2/h5-14,28,38-39H,15H2,1-4H3,(H2,29,30,37);2*1-2H3. The van der Waals surface area contributed by atoms with Gasteiger partial charge in [-0.05, 0) is 42.0 Å². The second-order valence-electron chi connectivity index (χ2n) is 10.5. The highest BCUT2D eigenvalue weighted by atomic mass is 16.5. The minimum Gasteiger partial charge on any atom is -0.361 e. The molecule has 1 fully saturated rings. The molecule has 0 unspecified atom stereocenters. The van der Waals surface area contributed by atoms with Gasteiger partial charge >= 0.3 is 23.6 Å². The van der Waals surface area contributed by atoms with Crippen LogP contribution in [0.2, 0.25) is 0 Å². The highest BCUT2D eigenvalue weighted by Gasteiger charge is 2.55. The van der Waals surface area contributed by atoms with E-state index in [4.69, 9.17) is 5.10 Å². The molecule has 4 aromatic rings. The normalized spacial score (nSPS) is 14.2. The fraction of sp³-hybridized carbons (Fsp3) is 0.355. The van der Waals surface area contributed by atoms with E-state index < -0.39 is 23.6 Å². The van der Waals surface area contributed by atoms with E-state index in [9.17, 15) is 24.6 Å². The predicted molar refractivity (Wildman–Crippen MR) is 166 cm³/mol. The summed E-state index contributed by atoms with van der Waals surface area (Å²) in [5.74, 6) is -4.84. The quantitative estimate of drug-likeness (QED) is 0.167. The topological polar surface area (TPSA) is 156 Å². The number of aromatic amines is 1. The van der Waals surface area contributed by atoms with Crippen LogP contribution in [0.5, 0.6) is 0 Å². The molecule has 5 rings (SSSR count). The van der Waals surface area contributed by atoms with Gasteiger partial charge in [0.05, 0.1) is 17.9 Å². The molecule has 5 N–H and O–H groups in total. The van der Waals surface area contributed by atoms with Crippen LogP contribution in [0.4, 0.5) is 16.3 Å². The first-order valence-corrected chi connectivity index (χ1v) is 14.2. The predicted octanol–water partition coefficient (Wildman–Crippen LogP) is 4.74. The molecule has 43 heavy (non-hydrogen) atoms. The number of hydrazine groups is 1. The number of carbonyl (C=O) groups excluding carboxylic acids is 3. The molecule has 0 atom stereocenters. The summed E-state index contributed by atoms with van der Waals surface area (Å²) in [5, 5.41) is 32.8. The van der Waals surface area contributed by atoms with Crippen LogP contribution in [0.1, 0.15) is 59.7 Å². The molecular weight excluding hydrogens is 550 g/mol. The van der Waals surface area contributed by atoms with Crippen LogP contribution in [-0.4, -0.2) is 65.7 Å². The Bertz CT molecular complexity index is 1580. The number of nitrogens with one attached hydrogen (secondary N) is 3. The molecule has 4 amide bonds. The Hall–Kier alpha value is -4.68. The van der Waals surface area contributed by atoms with Crippen LogP contribution in [0.3, 0.4) is 0 Å². The average molecular weight is 592 g/mol. The first-order chi connectivity index (χ1) is 20.3. The number of carbonyl (C=O) groups is 3. The van der Waals surface area contributed by atoms with E-state index in [1.165, 1.54) is 7.05 Å². The molecule has 12 heteroatoms. The minimum absolute atomic E-state index is 0.0461. The lowest BCUT2D eigenvalue weighted by atomic mass is 9.92. The van der Waals surface area contributed by atoms with E-state index in [-0.39, 0.29) is 12.0 Å². The highest BCUT2D eigenvalue weighted by Crippen LogP contribution is 2.28. The monoisotopic (exact) mass is 591 g/mol. The molecule has 1 saturated heterocycles. The fourth-order valence-electron chi connectivity index (χ4n) is 4.28. The number of aromatic nitrogens is 3. The molecule has 0 saturated carbocycles. The summed E-state index contributed by atoms with van der Waals surface area (Å²) in [6.07, 6.45) is 1.83. The van der Waals surface area contributed by atoms with Crippen LogP contribution in [0.15, 0.2) is 60.8 Å². The first kappa shape index (κ1) is 32.8. The van der Waals surface area contributed by atoms with Crippen molar-refractivity contribution in [3.8, 4) is 5.69 Å². The third-order valence-corrected chi connectivity index (χ3v) is 6.53. The van der Waals surface area contributed by atoms with Crippen LogP contribution in [-0.2, 0) is 21.5 Å². The Kier molecular flexibility index (Phi) is 10.00. The summed E-state index contributed by atoms with van der Waals surface area (Å²) in [5.41, 5.74) is 3.37. The van der Waals surface area contributed by atoms with Gasteiger partial charge in [0, 0.05) is 41.3 Å². The zero-order valence-electron chi connectivity index (χ0n) is 25.9. The summed E-state index contributed by atoms with van der Waals surface area (Å²) in [4.78, 5) is 40.2. The van der Waals surface area contributed by atoms with Crippen molar-refractivity contribution in [3.63, 3.8) is 0 Å². The smallest absolute Gasteiger partial charge is 0.330 e. The Balaban J connectivity index is 0.00000121. The maximum absolute atomic E-state index is 12.9. The largest absolute Gasteiger partial charge is 0.361 e. The Morgan fingerprint density at radius 2 is 1.58 bits per heavy atom. The number of fused-ring (bicyclic) bond motifs is 1. The van der Waals surface area contributed by atoms with Crippen molar-refractivity contribution in [2.45, 2.75) is 66.2 Å². The Morgan fingerprint density at radius 3 is 2.16 bits per heavy atom. The number of amides is 4. The van der Waals surface area contributed by atoms with Gasteiger partial charge in [-0.15, -0.1) is 0 Å². The van der Waals surface area contributed by atoms with Gasteiger partial charge in [-0.25, -0.2) is 19.5 Å². The van der Waals surface area contributed by atoms with E-state index in [0.29, 0.717) is 22.8 Å². The van der Waals surface area contributed by atoms with Crippen LogP contribution in [0.25, 0.3) is 16.6 Å².